The highest BCUT2D eigenvalue weighted by Gasteiger charge is 2.13. The first-order chi connectivity index (χ1) is 17.7. The van der Waals surface area contributed by atoms with Crippen molar-refractivity contribution in [2.45, 2.75) is 26.3 Å². The van der Waals surface area contributed by atoms with Gasteiger partial charge in [0.25, 0.3) is 0 Å². The topological polar surface area (TPSA) is 78.9 Å². The molecule has 6 nitrogen and oxygen atoms in total. The first-order valence-corrected chi connectivity index (χ1v) is 12.3. The Morgan fingerprint density at radius 1 is 0.919 bits per heavy atom. The Morgan fingerprint density at radius 2 is 1.62 bits per heavy atom. The maximum absolute atomic E-state index is 12.8. The number of methoxy groups -OCH3 is 1. The Balaban J connectivity index is 0.00000380. The molecule has 1 aromatic heterocycles. The minimum absolute atomic E-state index is 0. The number of carbonyl (C=O) groups is 1. The van der Waals surface area contributed by atoms with Gasteiger partial charge >= 0.3 is 0 Å². The number of aromatic nitrogens is 2. The fraction of sp³-hybridized carbons (Fsp3) is 0.226. The summed E-state index contributed by atoms with van der Waals surface area (Å²) in [5.41, 5.74) is 4.87. The molecule has 37 heavy (non-hydrogen) atoms. The van der Waals surface area contributed by atoms with Crippen LogP contribution < -0.4 is 9.64 Å². The fourth-order valence-electron chi connectivity index (χ4n) is 4.10. The Labute approximate surface area is 218 Å². The van der Waals surface area contributed by atoms with E-state index in [0.717, 1.165) is 53.5 Å². The molecular formula is C31H33N3O3. The standard InChI is InChI=1S/C31H31N3O2.H2O/c1-3-20-33(27-17-12-19-29(22-27)36-2)21-11-10-18-28(35)24-34-31(26-15-8-5-9-16-26)23-30(32-34)25-13-6-4-7-14-25;/h4-9,12-17,19,22-23H,3,11,20-21,24H2,1-2H3;1H2. The molecule has 4 aromatic rings. The quantitative estimate of drug-likeness (QED) is 0.221. The molecule has 2 N–H and O–H groups in total. The molecule has 0 saturated heterocycles. The van der Waals surface area contributed by atoms with Gasteiger partial charge in [-0.05, 0) is 36.1 Å². The van der Waals surface area contributed by atoms with Crippen molar-refractivity contribution in [2.24, 2.45) is 0 Å². The first-order valence-electron chi connectivity index (χ1n) is 12.3. The van der Waals surface area contributed by atoms with Crippen LogP contribution in [0.15, 0.2) is 91.0 Å². The lowest BCUT2D eigenvalue weighted by Gasteiger charge is -2.23. The molecule has 0 aliphatic carbocycles. The molecule has 0 amide bonds. The molecule has 0 atom stereocenters. The van der Waals surface area contributed by atoms with E-state index < -0.39 is 0 Å². The third-order valence-electron chi connectivity index (χ3n) is 5.86. The molecule has 0 spiro atoms. The summed E-state index contributed by atoms with van der Waals surface area (Å²) in [6.45, 7) is 3.92. The second kappa shape index (κ2) is 13.7. The summed E-state index contributed by atoms with van der Waals surface area (Å²) in [6.07, 6.45) is 1.62. The van der Waals surface area contributed by atoms with Gasteiger partial charge in [0.1, 0.15) is 12.3 Å². The van der Waals surface area contributed by atoms with Crippen LogP contribution in [-0.4, -0.2) is 41.2 Å². The number of hydrogen-bond acceptors (Lipinski definition) is 4. The number of rotatable bonds is 10. The zero-order valence-electron chi connectivity index (χ0n) is 21.4. The van der Waals surface area contributed by atoms with E-state index in [1.54, 1.807) is 11.8 Å². The van der Waals surface area contributed by atoms with Gasteiger partial charge in [-0.2, -0.15) is 5.10 Å². The Hall–Kier alpha value is -4.34. The smallest absolute Gasteiger partial charge is 0.226 e. The predicted molar refractivity (Wildman–Crippen MR) is 150 cm³/mol. The van der Waals surface area contributed by atoms with Gasteiger partial charge < -0.3 is 15.1 Å². The van der Waals surface area contributed by atoms with Gasteiger partial charge in [-0.25, -0.2) is 0 Å². The molecule has 0 aliphatic heterocycles. The summed E-state index contributed by atoms with van der Waals surface area (Å²) in [6, 6.07) is 30.1. The van der Waals surface area contributed by atoms with Crippen LogP contribution >= 0.6 is 0 Å². The number of carbonyl (C=O) groups excluding carboxylic acids is 1. The van der Waals surface area contributed by atoms with Crippen molar-refractivity contribution in [1.29, 1.82) is 0 Å². The lowest BCUT2D eigenvalue weighted by Crippen LogP contribution is -2.25. The molecule has 0 aliphatic rings. The van der Waals surface area contributed by atoms with Crippen LogP contribution in [0.1, 0.15) is 19.8 Å². The minimum atomic E-state index is -0.154. The molecule has 0 unspecified atom stereocenters. The van der Waals surface area contributed by atoms with E-state index in [4.69, 9.17) is 9.84 Å². The molecule has 3 aromatic carbocycles. The Bertz CT molecular complexity index is 1340. The van der Waals surface area contributed by atoms with E-state index >= 15 is 0 Å². The maximum atomic E-state index is 12.8. The Kier molecular flexibility index (Phi) is 10.1. The molecule has 4 rings (SSSR count). The second-order valence-electron chi connectivity index (χ2n) is 8.47. The number of ketones is 1. The molecule has 0 fully saturated rings. The average Bonchev–Trinajstić information content (AvgIpc) is 3.35. The first kappa shape index (κ1) is 27.3. The van der Waals surface area contributed by atoms with Crippen LogP contribution in [-0.2, 0) is 11.3 Å². The van der Waals surface area contributed by atoms with Crippen LogP contribution in [0, 0.1) is 11.8 Å². The minimum Gasteiger partial charge on any atom is -0.497 e. The summed E-state index contributed by atoms with van der Waals surface area (Å²) in [7, 11) is 1.67. The molecule has 6 heteroatoms. The highest BCUT2D eigenvalue weighted by atomic mass is 16.5. The van der Waals surface area contributed by atoms with E-state index in [9.17, 15) is 4.79 Å². The van der Waals surface area contributed by atoms with Gasteiger partial charge in [-0.3, -0.25) is 9.48 Å². The normalized spacial score (nSPS) is 10.1. The lowest BCUT2D eigenvalue weighted by molar-refractivity contribution is -0.114. The summed E-state index contributed by atoms with van der Waals surface area (Å²) in [5, 5.41) is 4.74. The van der Waals surface area contributed by atoms with Crippen LogP contribution in [0.25, 0.3) is 22.5 Å². The molecule has 0 saturated carbocycles. The summed E-state index contributed by atoms with van der Waals surface area (Å²) in [4.78, 5) is 15.1. The third kappa shape index (κ3) is 7.33. The zero-order valence-corrected chi connectivity index (χ0v) is 21.4. The number of anilines is 1. The molecular weight excluding hydrogens is 462 g/mol. The Morgan fingerprint density at radius 3 is 2.30 bits per heavy atom. The van der Waals surface area contributed by atoms with Crippen molar-refractivity contribution < 1.29 is 15.0 Å². The SMILES string of the molecule is CCCN(CCC#CC(=O)Cn1nc(-c2ccccc2)cc1-c1ccccc1)c1cccc(OC)c1.O. The van der Waals surface area contributed by atoms with E-state index in [1.807, 2.05) is 84.9 Å². The molecule has 0 radical (unpaired) electrons. The van der Waals surface area contributed by atoms with E-state index in [1.165, 1.54) is 0 Å². The van der Waals surface area contributed by atoms with Crippen molar-refractivity contribution in [1.82, 2.24) is 9.78 Å². The van der Waals surface area contributed by atoms with Gasteiger partial charge in [0.05, 0.1) is 18.5 Å². The van der Waals surface area contributed by atoms with Gasteiger partial charge in [-0.15, -0.1) is 0 Å². The maximum Gasteiger partial charge on any atom is 0.226 e. The van der Waals surface area contributed by atoms with Crippen LogP contribution in [0.4, 0.5) is 5.69 Å². The van der Waals surface area contributed by atoms with Crippen LogP contribution in [0.2, 0.25) is 0 Å². The number of nitrogens with zero attached hydrogens (tertiary/aromatic N) is 3. The number of benzene rings is 3. The van der Waals surface area contributed by atoms with E-state index in [0.29, 0.717) is 6.42 Å². The predicted octanol–water partition coefficient (Wildman–Crippen LogP) is 5.28. The number of hydrogen-bond donors (Lipinski definition) is 0. The monoisotopic (exact) mass is 495 g/mol. The average molecular weight is 496 g/mol. The molecule has 190 valence electrons. The van der Waals surface area contributed by atoms with Crippen molar-refractivity contribution in [3.05, 3.63) is 91.0 Å². The second-order valence-corrected chi connectivity index (χ2v) is 8.47. The zero-order chi connectivity index (χ0) is 25.2. The molecule has 0 bridgehead atoms. The van der Waals surface area contributed by atoms with Gasteiger partial charge in [0.15, 0.2) is 0 Å². The van der Waals surface area contributed by atoms with Crippen LogP contribution in [0.3, 0.4) is 0 Å². The third-order valence-corrected chi connectivity index (χ3v) is 5.86. The van der Waals surface area contributed by atoms with Crippen molar-refractivity contribution in [3.8, 4) is 40.1 Å². The summed E-state index contributed by atoms with van der Waals surface area (Å²) >= 11 is 0. The molecule has 1 heterocycles. The highest BCUT2D eigenvalue weighted by molar-refractivity contribution is 5.95. The van der Waals surface area contributed by atoms with E-state index in [2.05, 4.69) is 29.7 Å². The largest absolute Gasteiger partial charge is 0.497 e. The fourth-order valence-corrected chi connectivity index (χ4v) is 4.10. The summed E-state index contributed by atoms with van der Waals surface area (Å²) < 4.78 is 7.12. The van der Waals surface area contributed by atoms with Crippen molar-refractivity contribution in [2.75, 3.05) is 25.1 Å². The number of Topliss-reactive ketones (excluding diaryl/α,β-unsaturated/α-hetero) is 1. The van der Waals surface area contributed by atoms with Crippen molar-refractivity contribution >= 4 is 11.5 Å². The van der Waals surface area contributed by atoms with Gasteiger partial charge in [0.2, 0.25) is 5.78 Å². The summed E-state index contributed by atoms with van der Waals surface area (Å²) in [5.74, 6) is 6.58. The highest BCUT2D eigenvalue weighted by Crippen LogP contribution is 2.26. The van der Waals surface area contributed by atoms with Gasteiger partial charge in [-0.1, -0.05) is 79.6 Å². The lowest BCUT2D eigenvalue weighted by atomic mass is 10.1. The van der Waals surface area contributed by atoms with Crippen LogP contribution in [0.5, 0.6) is 5.75 Å². The van der Waals surface area contributed by atoms with Gasteiger partial charge in [0, 0.05) is 36.8 Å². The van der Waals surface area contributed by atoms with E-state index in [-0.39, 0.29) is 17.8 Å². The number of ether oxygens (including phenoxy) is 1. The van der Waals surface area contributed by atoms with Crippen molar-refractivity contribution in [3.63, 3.8) is 0 Å².